The van der Waals surface area contributed by atoms with Crippen molar-refractivity contribution in [3.63, 3.8) is 0 Å². The third kappa shape index (κ3) is 3.76. The van der Waals surface area contributed by atoms with Crippen molar-refractivity contribution in [1.29, 1.82) is 0 Å². The summed E-state index contributed by atoms with van der Waals surface area (Å²) in [5.74, 6) is 0. The van der Waals surface area contributed by atoms with E-state index in [9.17, 15) is 0 Å². The summed E-state index contributed by atoms with van der Waals surface area (Å²) in [4.78, 5) is 0. The molecule has 0 amide bonds. The zero-order chi connectivity index (χ0) is 23.0. The van der Waals surface area contributed by atoms with Crippen LogP contribution in [0.1, 0.15) is 40.8 Å². The van der Waals surface area contributed by atoms with Crippen molar-refractivity contribution in [2.24, 2.45) is 0 Å². The second-order valence-electron chi connectivity index (χ2n) is 9.88. The molecule has 172 valence electrons. The fourth-order valence-corrected chi connectivity index (χ4v) is 17.1. The van der Waals surface area contributed by atoms with Gasteiger partial charge in [-0.15, -0.1) is 0 Å². The summed E-state index contributed by atoms with van der Waals surface area (Å²) in [5.41, 5.74) is 5.96. The van der Waals surface area contributed by atoms with Crippen LogP contribution < -0.4 is 10.6 Å². The monoisotopic (exact) mass is 481 g/mol. The zero-order valence-electron chi connectivity index (χ0n) is 19.8. The van der Waals surface area contributed by atoms with Gasteiger partial charge in [-0.05, 0) is 0 Å². The van der Waals surface area contributed by atoms with E-state index in [0.29, 0.717) is 11.3 Å². The Morgan fingerprint density at radius 3 is 1.74 bits per heavy atom. The predicted molar refractivity (Wildman–Crippen MR) is 151 cm³/mol. The quantitative estimate of drug-likeness (QED) is 0.274. The first kappa shape index (κ1) is 22.2. The Morgan fingerprint density at radius 1 is 0.647 bits per heavy atom. The van der Waals surface area contributed by atoms with E-state index in [2.05, 4.69) is 126 Å². The van der Waals surface area contributed by atoms with E-state index in [1.54, 1.807) is 22.0 Å². The van der Waals surface area contributed by atoms with Crippen LogP contribution in [0.2, 0.25) is 0 Å². The molecule has 6 rings (SSSR count). The SMILES string of the molecule is C[PH]1(N2CCc3ccccc3P2c2ccccc2)[C@H](c2ccccc2)CC[C@H]1c1ccccc1. The van der Waals surface area contributed by atoms with E-state index in [-0.39, 0.29) is 0 Å². The van der Waals surface area contributed by atoms with Crippen LogP contribution in [-0.2, 0) is 6.42 Å². The summed E-state index contributed by atoms with van der Waals surface area (Å²) in [5, 5.41) is 3.08. The van der Waals surface area contributed by atoms with Crippen LogP contribution in [-0.4, -0.2) is 17.7 Å². The molecule has 0 bridgehead atoms. The molecule has 0 aromatic heterocycles. The second kappa shape index (κ2) is 9.39. The molecule has 1 unspecified atom stereocenters. The summed E-state index contributed by atoms with van der Waals surface area (Å²) >= 11 is 0. The van der Waals surface area contributed by atoms with Crippen molar-refractivity contribution in [3.05, 3.63) is 132 Å². The van der Waals surface area contributed by atoms with Gasteiger partial charge < -0.3 is 0 Å². The van der Waals surface area contributed by atoms with Gasteiger partial charge in [0.05, 0.1) is 0 Å². The average molecular weight is 482 g/mol. The maximum atomic E-state index is 3.09. The van der Waals surface area contributed by atoms with Gasteiger partial charge in [-0.25, -0.2) is 0 Å². The second-order valence-corrected chi connectivity index (χ2v) is 16.7. The molecule has 0 radical (unpaired) electrons. The molecule has 1 fully saturated rings. The number of benzene rings is 4. The van der Waals surface area contributed by atoms with Crippen LogP contribution in [0.3, 0.4) is 0 Å². The molecule has 1 nitrogen and oxygen atoms in total. The number of hydrogen-bond acceptors (Lipinski definition) is 1. The number of fused-ring (bicyclic) bond motifs is 1. The minimum absolute atomic E-state index is 0.545. The van der Waals surface area contributed by atoms with Gasteiger partial charge in [0.25, 0.3) is 0 Å². The fraction of sp³-hybridized carbons (Fsp3) is 0.226. The minimum atomic E-state index is -1.98. The molecular weight excluding hydrogens is 448 g/mol. The molecule has 0 spiro atoms. The third-order valence-electron chi connectivity index (χ3n) is 8.17. The van der Waals surface area contributed by atoms with Crippen LogP contribution in [0.5, 0.6) is 0 Å². The Kier molecular flexibility index (Phi) is 6.13. The summed E-state index contributed by atoms with van der Waals surface area (Å²) < 4.78 is 3.09. The summed E-state index contributed by atoms with van der Waals surface area (Å²) in [6.07, 6.45) is 3.75. The van der Waals surface area contributed by atoms with Crippen molar-refractivity contribution in [3.8, 4) is 0 Å². The van der Waals surface area contributed by atoms with Crippen LogP contribution in [0, 0.1) is 0 Å². The van der Waals surface area contributed by atoms with Gasteiger partial charge in [0, 0.05) is 0 Å². The van der Waals surface area contributed by atoms with Gasteiger partial charge in [-0.3, -0.25) is 0 Å². The Balaban J connectivity index is 1.54. The summed E-state index contributed by atoms with van der Waals surface area (Å²) in [7, 11) is -2.52. The summed E-state index contributed by atoms with van der Waals surface area (Å²) in [6.45, 7) is 3.90. The van der Waals surface area contributed by atoms with E-state index in [1.807, 2.05) is 0 Å². The van der Waals surface area contributed by atoms with Gasteiger partial charge in [0.1, 0.15) is 0 Å². The van der Waals surface area contributed by atoms with Crippen molar-refractivity contribution in [2.75, 3.05) is 13.2 Å². The van der Waals surface area contributed by atoms with Crippen LogP contribution in [0.25, 0.3) is 0 Å². The first-order valence-corrected chi connectivity index (χ1v) is 16.5. The molecule has 2 aliphatic heterocycles. The van der Waals surface area contributed by atoms with E-state index < -0.39 is 15.5 Å². The van der Waals surface area contributed by atoms with Gasteiger partial charge in [-0.2, -0.15) is 0 Å². The Hall–Kier alpha value is -2.30. The molecule has 0 saturated carbocycles. The van der Waals surface area contributed by atoms with E-state index in [1.165, 1.54) is 24.7 Å². The Bertz CT molecular complexity index is 1190. The maximum absolute atomic E-state index is 3.09. The van der Waals surface area contributed by atoms with Crippen molar-refractivity contribution in [1.82, 2.24) is 4.44 Å². The normalized spacial score (nSPS) is 24.9. The molecule has 4 aromatic carbocycles. The van der Waals surface area contributed by atoms with Gasteiger partial charge in [0.15, 0.2) is 0 Å². The Labute approximate surface area is 206 Å². The first-order valence-electron chi connectivity index (χ1n) is 12.6. The van der Waals surface area contributed by atoms with E-state index in [0.717, 1.165) is 6.42 Å². The topological polar surface area (TPSA) is 3.24 Å². The van der Waals surface area contributed by atoms with Crippen molar-refractivity contribution >= 4 is 26.1 Å². The van der Waals surface area contributed by atoms with Gasteiger partial charge in [-0.1, -0.05) is 0 Å². The molecule has 2 aliphatic rings. The molecule has 1 saturated heterocycles. The van der Waals surface area contributed by atoms with Crippen LogP contribution in [0.15, 0.2) is 115 Å². The summed E-state index contributed by atoms with van der Waals surface area (Å²) in [6, 6.07) is 43.5. The predicted octanol–water partition coefficient (Wildman–Crippen LogP) is 7.46. The first-order chi connectivity index (χ1) is 16.8. The standard InChI is InChI=1S/C31H33NP2/c1-34(30(26-14-5-2-6-15-26)21-22-31(34)27-16-7-3-8-17-27)32-24-23-25-13-11-12-20-29(25)33(32)28-18-9-4-10-19-28/h2-20,30-31,34H,21-24H2,1H3/t30-,31-,33?/m0/s1. The molecule has 0 N–H and O–H groups in total. The molecule has 34 heavy (non-hydrogen) atoms. The zero-order valence-corrected chi connectivity index (χ0v) is 21.7. The van der Waals surface area contributed by atoms with E-state index in [4.69, 9.17) is 0 Å². The fourth-order valence-electron chi connectivity index (χ4n) is 6.59. The molecule has 3 heteroatoms. The third-order valence-corrected chi connectivity index (χ3v) is 17.8. The average Bonchev–Trinajstić information content (AvgIpc) is 3.27. The molecule has 4 aromatic rings. The van der Waals surface area contributed by atoms with Gasteiger partial charge >= 0.3 is 206 Å². The van der Waals surface area contributed by atoms with Gasteiger partial charge in [0.2, 0.25) is 0 Å². The van der Waals surface area contributed by atoms with Crippen LogP contribution >= 0.6 is 15.5 Å². The van der Waals surface area contributed by atoms with Crippen molar-refractivity contribution < 1.29 is 0 Å². The molecule has 3 atom stereocenters. The molecular formula is C31H33NP2. The number of rotatable bonds is 4. The number of hydrogen-bond donors (Lipinski definition) is 0. The Morgan fingerprint density at radius 2 is 1.15 bits per heavy atom. The molecule has 0 aliphatic carbocycles. The van der Waals surface area contributed by atoms with E-state index >= 15 is 0 Å². The van der Waals surface area contributed by atoms with Crippen molar-refractivity contribution in [2.45, 2.75) is 30.6 Å². The number of nitrogens with zero attached hydrogens (tertiary/aromatic N) is 1. The molecule has 2 heterocycles. The van der Waals surface area contributed by atoms with Crippen LogP contribution in [0.4, 0.5) is 0 Å².